The summed E-state index contributed by atoms with van der Waals surface area (Å²) >= 11 is 0. The van der Waals surface area contributed by atoms with Gasteiger partial charge in [0.2, 0.25) is 0 Å². The smallest absolute Gasteiger partial charge is 0.0374 e. The molecule has 1 fully saturated rings. The van der Waals surface area contributed by atoms with Crippen LogP contribution in [-0.4, -0.2) is 6.04 Å². The Morgan fingerprint density at radius 3 is 2.71 bits per heavy atom. The van der Waals surface area contributed by atoms with Gasteiger partial charge in [0.15, 0.2) is 0 Å². The maximum Gasteiger partial charge on any atom is 0.0374 e. The predicted octanol–water partition coefficient (Wildman–Crippen LogP) is 4.63. The maximum atomic E-state index is 3.76. The van der Waals surface area contributed by atoms with Crippen LogP contribution in [0.5, 0.6) is 0 Å². The first-order valence-electron chi connectivity index (χ1n) is 7.18. The zero-order valence-corrected chi connectivity index (χ0v) is 11.2. The Morgan fingerprint density at radius 1 is 1.18 bits per heavy atom. The molecular formula is C16H25N. The SMILES string of the molecule is CCCc1ccccc1NC1CCC(CC)C1. The van der Waals surface area contributed by atoms with Crippen molar-refractivity contribution < 1.29 is 0 Å². The normalized spacial score (nSPS) is 23.9. The van der Waals surface area contributed by atoms with Crippen LogP contribution in [0.4, 0.5) is 5.69 Å². The molecule has 94 valence electrons. The highest BCUT2D eigenvalue weighted by molar-refractivity contribution is 5.52. The van der Waals surface area contributed by atoms with E-state index in [0.29, 0.717) is 6.04 Å². The molecule has 1 heteroatoms. The zero-order chi connectivity index (χ0) is 12.1. The number of anilines is 1. The molecule has 0 spiro atoms. The molecule has 1 saturated carbocycles. The van der Waals surface area contributed by atoms with Gasteiger partial charge in [0.05, 0.1) is 0 Å². The number of benzene rings is 1. The molecule has 0 aliphatic heterocycles. The molecule has 1 aliphatic rings. The number of aryl methyl sites for hydroxylation is 1. The van der Waals surface area contributed by atoms with Gasteiger partial charge in [-0.3, -0.25) is 0 Å². The number of nitrogens with one attached hydrogen (secondary N) is 1. The fraction of sp³-hybridized carbons (Fsp3) is 0.625. The lowest BCUT2D eigenvalue weighted by molar-refractivity contribution is 0.525. The van der Waals surface area contributed by atoms with Gasteiger partial charge < -0.3 is 5.32 Å². The summed E-state index contributed by atoms with van der Waals surface area (Å²) in [6.45, 7) is 4.57. The van der Waals surface area contributed by atoms with E-state index < -0.39 is 0 Å². The van der Waals surface area contributed by atoms with Crippen LogP contribution < -0.4 is 5.32 Å². The minimum absolute atomic E-state index is 0.706. The molecule has 17 heavy (non-hydrogen) atoms. The molecule has 0 heterocycles. The van der Waals surface area contributed by atoms with Gasteiger partial charge in [0.25, 0.3) is 0 Å². The van der Waals surface area contributed by atoms with Crippen molar-refractivity contribution in [3.05, 3.63) is 29.8 Å². The Hall–Kier alpha value is -0.980. The van der Waals surface area contributed by atoms with Crippen LogP contribution in [0.3, 0.4) is 0 Å². The van der Waals surface area contributed by atoms with Crippen LogP contribution in [0.1, 0.15) is 51.5 Å². The molecule has 0 aromatic heterocycles. The number of rotatable bonds is 5. The van der Waals surface area contributed by atoms with Gasteiger partial charge in [-0.05, 0) is 43.2 Å². The quantitative estimate of drug-likeness (QED) is 0.779. The molecule has 2 unspecified atom stereocenters. The van der Waals surface area contributed by atoms with Crippen molar-refractivity contribution in [2.75, 3.05) is 5.32 Å². The molecule has 0 radical (unpaired) electrons. The second-order valence-electron chi connectivity index (χ2n) is 5.34. The van der Waals surface area contributed by atoms with Crippen LogP contribution in [0.15, 0.2) is 24.3 Å². The highest BCUT2D eigenvalue weighted by Crippen LogP contribution is 2.31. The number of para-hydroxylation sites is 1. The van der Waals surface area contributed by atoms with Crippen LogP contribution in [0, 0.1) is 5.92 Å². The summed E-state index contributed by atoms with van der Waals surface area (Å²) in [4.78, 5) is 0. The standard InChI is InChI=1S/C16H25N/c1-3-7-14-8-5-6-9-16(14)17-15-11-10-13(4-2)12-15/h5-6,8-9,13,15,17H,3-4,7,10-12H2,1-2H3. The fourth-order valence-corrected chi connectivity index (χ4v) is 2.95. The van der Waals surface area contributed by atoms with Gasteiger partial charge in [-0.25, -0.2) is 0 Å². The van der Waals surface area contributed by atoms with E-state index in [4.69, 9.17) is 0 Å². The van der Waals surface area contributed by atoms with Gasteiger partial charge in [0.1, 0.15) is 0 Å². The lowest BCUT2D eigenvalue weighted by Gasteiger charge is -2.17. The molecule has 1 N–H and O–H groups in total. The Morgan fingerprint density at radius 2 is 2.00 bits per heavy atom. The van der Waals surface area contributed by atoms with Crippen LogP contribution in [0.25, 0.3) is 0 Å². The van der Waals surface area contributed by atoms with Crippen molar-refractivity contribution >= 4 is 5.69 Å². The van der Waals surface area contributed by atoms with E-state index >= 15 is 0 Å². The molecule has 0 bridgehead atoms. The van der Waals surface area contributed by atoms with Gasteiger partial charge >= 0.3 is 0 Å². The minimum Gasteiger partial charge on any atom is -0.382 e. The van der Waals surface area contributed by atoms with Gasteiger partial charge in [0, 0.05) is 11.7 Å². The summed E-state index contributed by atoms with van der Waals surface area (Å²) in [7, 11) is 0. The molecule has 2 rings (SSSR count). The molecule has 1 aromatic rings. The summed E-state index contributed by atoms with van der Waals surface area (Å²) in [6.07, 6.45) is 7.86. The summed E-state index contributed by atoms with van der Waals surface area (Å²) in [6, 6.07) is 9.51. The van der Waals surface area contributed by atoms with E-state index in [1.807, 2.05) is 0 Å². The molecule has 1 aliphatic carbocycles. The first-order chi connectivity index (χ1) is 8.33. The molecular weight excluding hydrogens is 206 g/mol. The van der Waals surface area contributed by atoms with E-state index in [2.05, 4.69) is 43.4 Å². The Bertz CT molecular complexity index is 345. The average molecular weight is 231 g/mol. The topological polar surface area (TPSA) is 12.0 Å². The van der Waals surface area contributed by atoms with Gasteiger partial charge in [-0.1, -0.05) is 44.9 Å². The Kier molecular flexibility index (Phi) is 4.47. The monoisotopic (exact) mass is 231 g/mol. The Labute approximate surface area is 106 Å². The molecule has 1 nitrogen and oxygen atoms in total. The minimum atomic E-state index is 0.706. The summed E-state index contributed by atoms with van der Waals surface area (Å²) in [5.74, 6) is 0.950. The van der Waals surface area contributed by atoms with E-state index in [-0.39, 0.29) is 0 Å². The second-order valence-corrected chi connectivity index (χ2v) is 5.34. The molecule has 1 aromatic carbocycles. The Balaban J connectivity index is 1.98. The van der Waals surface area contributed by atoms with E-state index in [0.717, 1.165) is 5.92 Å². The predicted molar refractivity (Wildman–Crippen MR) is 75.5 cm³/mol. The lowest BCUT2D eigenvalue weighted by Crippen LogP contribution is -2.16. The third-order valence-electron chi connectivity index (χ3n) is 4.01. The largest absolute Gasteiger partial charge is 0.382 e. The second kappa shape index (κ2) is 6.09. The molecule has 0 saturated heterocycles. The van der Waals surface area contributed by atoms with Crippen LogP contribution >= 0.6 is 0 Å². The van der Waals surface area contributed by atoms with Crippen molar-refractivity contribution in [1.82, 2.24) is 0 Å². The number of hydrogen-bond acceptors (Lipinski definition) is 1. The van der Waals surface area contributed by atoms with Crippen molar-refractivity contribution in [2.24, 2.45) is 5.92 Å². The highest BCUT2D eigenvalue weighted by Gasteiger charge is 2.23. The van der Waals surface area contributed by atoms with E-state index in [1.165, 1.54) is 49.8 Å². The van der Waals surface area contributed by atoms with Crippen molar-refractivity contribution in [3.8, 4) is 0 Å². The zero-order valence-electron chi connectivity index (χ0n) is 11.2. The molecule has 0 amide bonds. The third kappa shape index (κ3) is 3.24. The summed E-state index contributed by atoms with van der Waals surface area (Å²) in [5, 5.41) is 3.76. The third-order valence-corrected chi connectivity index (χ3v) is 4.01. The van der Waals surface area contributed by atoms with E-state index in [1.54, 1.807) is 0 Å². The maximum absolute atomic E-state index is 3.76. The van der Waals surface area contributed by atoms with Gasteiger partial charge in [-0.2, -0.15) is 0 Å². The van der Waals surface area contributed by atoms with Gasteiger partial charge in [-0.15, -0.1) is 0 Å². The summed E-state index contributed by atoms with van der Waals surface area (Å²) in [5.41, 5.74) is 2.85. The fourth-order valence-electron chi connectivity index (χ4n) is 2.95. The van der Waals surface area contributed by atoms with Crippen LogP contribution in [-0.2, 0) is 6.42 Å². The lowest BCUT2D eigenvalue weighted by atomic mass is 10.0. The summed E-state index contributed by atoms with van der Waals surface area (Å²) < 4.78 is 0. The number of hydrogen-bond donors (Lipinski definition) is 1. The van der Waals surface area contributed by atoms with Crippen molar-refractivity contribution in [2.45, 2.75) is 58.4 Å². The van der Waals surface area contributed by atoms with Crippen LogP contribution in [0.2, 0.25) is 0 Å². The first kappa shape index (κ1) is 12.5. The highest BCUT2D eigenvalue weighted by atomic mass is 14.9. The van der Waals surface area contributed by atoms with E-state index in [9.17, 15) is 0 Å². The average Bonchev–Trinajstić information content (AvgIpc) is 2.80. The first-order valence-corrected chi connectivity index (χ1v) is 7.18. The van der Waals surface area contributed by atoms with Crippen molar-refractivity contribution in [3.63, 3.8) is 0 Å². The van der Waals surface area contributed by atoms with Crippen molar-refractivity contribution in [1.29, 1.82) is 0 Å². The molecule has 2 atom stereocenters.